The Hall–Kier alpha value is -9.34. The van der Waals surface area contributed by atoms with Gasteiger partial charge in [-0.05, 0) is 165 Å². The summed E-state index contributed by atoms with van der Waals surface area (Å²) in [5, 5.41) is 10.1. The third-order valence-electron chi connectivity index (χ3n) is 16.5. The molecule has 75 heavy (non-hydrogen) atoms. The van der Waals surface area contributed by atoms with Crippen LogP contribution in [-0.4, -0.2) is 0 Å². The quantitative estimate of drug-likeness (QED) is 0.150. The fourth-order valence-electron chi connectivity index (χ4n) is 13.2. The van der Waals surface area contributed by atoms with Gasteiger partial charge in [0.2, 0.25) is 0 Å². The van der Waals surface area contributed by atoms with Crippen LogP contribution in [0.3, 0.4) is 0 Å². The highest BCUT2D eigenvalue weighted by atomic mass is 32.1. The second-order valence-corrected chi connectivity index (χ2v) is 21.3. The van der Waals surface area contributed by atoms with Gasteiger partial charge in [0, 0.05) is 37.1 Å². The molecule has 0 bridgehead atoms. The highest BCUT2D eigenvalue weighted by Crippen LogP contribution is 2.64. The molecule has 1 nitrogen and oxygen atoms in total. The number of nitrogens with zero attached hydrogens (tertiary/aromatic N) is 1. The number of fused-ring (bicyclic) bond motifs is 19. The summed E-state index contributed by atoms with van der Waals surface area (Å²) in [6, 6.07) is 103. The highest BCUT2D eigenvalue weighted by Gasteiger charge is 2.52. The molecular formula is C73H45NS. The third-order valence-corrected chi connectivity index (χ3v) is 17.6. The second-order valence-electron chi connectivity index (χ2n) is 20.3. The van der Waals surface area contributed by atoms with Gasteiger partial charge in [-0.25, -0.2) is 0 Å². The van der Waals surface area contributed by atoms with Crippen molar-refractivity contribution in [2.24, 2.45) is 0 Å². The van der Waals surface area contributed by atoms with Gasteiger partial charge in [0.1, 0.15) is 0 Å². The van der Waals surface area contributed by atoms with Crippen LogP contribution in [-0.2, 0) is 5.41 Å². The highest BCUT2D eigenvalue weighted by molar-refractivity contribution is 7.25. The Labute approximate surface area is 439 Å². The van der Waals surface area contributed by atoms with Crippen molar-refractivity contribution in [2.75, 3.05) is 4.90 Å². The molecule has 0 amide bonds. The Morgan fingerprint density at radius 3 is 1.37 bits per heavy atom. The average molecular weight is 968 g/mol. The lowest BCUT2D eigenvalue weighted by atomic mass is 9.70. The molecule has 1 heterocycles. The van der Waals surface area contributed by atoms with Gasteiger partial charge >= 0.3 is 0 Å². The zero-order valence-electron chi connectivity index (χ0n) is 40.8. The number of anilines is 3. The van der Waals surface area contributed by atoms with Crippen molar-refractivity contribution in [3.8, 4) is 55.6 Å². The van der Waals surface area contributed by atoms with Crippen molar-refractivity contribution in [1.29, 1.82) is 0 Å². The molecule has 16 rings (SSSR count). The molecule has 348 valence electrons. The van der Waals surface area contributed by atoms with Gasteiger partial charge in [0.25, 0.3) is 0 Å². The molecule has 1 spiro atoms. The smallest absolute Gasteiger partial charge is 0.0726 e. The standard InChI is InChI=1S/C73H45NS/c1-2-17-46(18-3-1)48-19-16-20-49(41-48)47-33-36-51(37-34-47)74(52-38-39-57-55-23-5-4-21-53(55)54-22-6-7-24-56(54)63(57)43-52)70-45-69-64(44-62(70)50-35-40-72-65(42-50)61-28-11-15-32-71(61)75-72)60-27-10-14-31-68(60)73(69)66-29-12-8-25-58(66)59-26-9-13-30-67(59)73/h1-45H. The zero-order valence-corrected chi connectivity index (χ0v) is 41.7. The number of benzene rings is 13. The van der Waals surface area contributed by atoms with Crippen molar-refractivity contribution >= 4 is 80.9 Å². The fraction of sp³-hybridized carbons (Fsp3) is 0.0137. The van der Waals surface area contributed by atoms with E-state index in [2.05, 4.69) is 278 Å². The lowest BCUT2D eigenvalue weighted by Gasteiger charge is -2.33. The summed E-state index contributed by atoms with van der Waals surface area (Å²) in [5.74, 6) is 0. The normalized spacial score (nSPS) is 12.9. The minimum atomic E-state index is -0.530. The van der Waals surface area contributed by atoms with Crippen LogP contribution in [0.25, 0.3) is 108 Å². The predicted octanol–water partition coefficient (Wildman–Crippen LogP) is 20.3. The fourth-order valence-corrected chi connectivity index (χ4v) is 14.3. The maximum atomic E-state index is 2.58. The topological polar surface area (TPSA) is 3.24 Å². The van der Waals surface area contributed by atoms with Gasteiger partial charge in [-0.3, -0.25) is 0 Å². The molecule has 0 saturated carbocycles. The van der Waals surface area contributed by atoms with Crippen LogP contribution in [0.1, 0.15) is 22.3 Å². The maximum Gasteiger partial charge on any atom is 0.0726 e. The summed E-state index contributed by atoms with van der Waals surface area (Å²) in [5.41, 5.74) is 20.4. The van der Waals surface area contributed by atoms with Gasteiger partial charge in [0.15, 0.2) is 0 Å². The Morgan fingerprint density at radius 1 is 0.240 bits per heavy atom. The van der Waals surface area contributed by atoms with Crippen molar-refractivity contribution in [3.63, 3.8) is 0 Å². The SMILES string of the molecule is c1ccc(-c2cccc(-c3ccc(N(c4ccc5c6ccccc6c6ccccc6c5c4)c4cc5c(cc4-c4ccc6sc7ccccc7c6c4)-c4ccccc4C54c5ccccc5-c5ccccc54)cc3)c2)cc1. The van der Waals surface area contributed by atoms with E-state index >= 15 is 0 Å². The zero-order chi connectivity index (χ0) is 49.2. The monoisotopic (exact) mass is 967 g/mol. The van der Waals surface area contributed by atoms with E-state index in [1.54, 1.807) is 0 Å². The minimum Gasteiger partial charge on any atom is -0.310 e. The molecule has 0 fully saturated rings. The van der Waals surface area contributed by atoms with E-state index < -0.39 is 5.41 Å². The van der Waals surface area contributed by atoms with Crippen LogP contribution in [0.5, 0.6) is 0 Å². The van der Waals surface area contributed by atoms with Gasteiger partial charge in [-0.2, -0.15) is 0 Å². The first kappa shape index (κ1) is 42.2. The first-order valence-corrected chi connectivity index (χ1v) is 26.8. The largest absolute Gasteiger partial charge is 0.310 e. The molecule has 13 aromatic carbocycles. The van der Waals surface area contributed by atoms with Crippen molar-refractivity contribution < 1.29 is 0 Å². The molecule has 14 aromatic rings. The van der Waals surface area contributed by atoms with Crippen molar-refractivity contribution in [1.82, 2.24) is 0 Å². The molecule has 0 saturated heterocycles. The first-order chi connectivity index (χ1) is 37.2. The molecule has 0 aliphatic heterocycles. The molecular weight excluding hydrogens is 923 g/mol. The second kappa shape index (κ2) is 16.3. The van der Waals surface area contributed by atoms with Crippen LogP contribution in [0.2, 0.25) is 0 Å². The van der Waals surface area contributed by atoms with Crippen molar-refractivity contribution in [3.05, 3.63) is 295 Å². The minimum absolute atomic E-state index is 0.530. The maximum absolute atomic E-state index is 2.58. The molecule has 0 N–H and O–H groups in total. The van der Waals surface area contributed by atoms with Crippen LogP contribution in [0.15, 0.2) is 273 Å². The molecule has 1 aromatic heterocycles. The molecule has 2 heteroatoms. The predicted molar refractivity (Wildman–Crippen MR) is 319 cm³/mol. The lowest BCUT2D eigenvalue weighted by molar-refractivity contribution is 0.794. The lowest BCUT2D eigenvalue weighted by Crippen LogP contribution is -2.26. The molecule has 2 aliphatic rings. The van der Waals surface area contributed by atoms with Gasteiger partial charge < -0.3 is 4.90 Å². The van der Waals surface area contributed by atoms with E-state index in [1.807, 2.05) is 11.3 Å². The average Bonchev–Trinajstić information content (AvgIpc) is 4.15. The van der Waals surface area contributed by atoms with Crippen LogP contribution >= 0.6 is 11.3 Å². The number of hydrogen-bond donors (Lipinski definition) is 0. The van der Waals surface area contributed by atoms with Crippen LogP contribution in [0, 0.1) is 0 Å². The van der Waals surface area contributed by atoms with Gasteiger partial charge in [0.05, 0.1) is 11.1 Å². The van der Waals surface area contributed by atoms with Gasteiger partial charge in [-0.15, -0.1) is 11.3 Å². The summed E-state index contributed by atoms with van der Waals surface area (Å²) in [7, 11) is 0. The Balaban J connectivity index is 1.00. The molecule has 0 unspecified atom stereocenters. The van der Waals surface area contributed by atoms with E-state index in [4.69, 9.17) is 0 Å². The number of thiophene rings is 1. The Morgan fingerprint density at radius 2 is 0.720 bits per heavy atom. The number of rotatable bonds is 6. The summed E-state index contributed by atoms with van der Waals surface area (Å²) >= 11 is 1.87. The van der Waals surface area contributed by atoms with E-state index in [0.717, 1.165) is 17.1 Å². The van der Waals surface area contributed by atoms with Crippen LogP contribution in [0.4, 0.5) is 17.1 Å². The molecule has 2 aliphatic carbocycles. The number of hydrogen-bond acceptors (Lipinski definition) is 2. The Kier molecular flexibility index (Phi) is 9.19. The van der Waals surface area contributed by atoms with E-state index in [-0.39, 0.29) is 0 Å². The third kappa shape index (κ3) is 6.18. The van der Waals surface area contributed by atoms with Gasteiger partial charge in [-0.1, -0.05) is 212 Å². The van der Waals surface area contributed by atoms with Crippen molar-refractivity contribution in [2.45, 2.75) is 5.41 Å². The van der Waals surface area contributed by atoms with Crippen LogP contribution < -0.4 is 4.90 Å². The summed E-state index contributed by atoms with van der Waals surface area (Å²) in [6.07, 6.45) is 0. The summed E-state index contributed by atoms with van der Waals surface area (Å²) in [4.78, 5) is 2.56. The summed E-state index contributed by atoms with van der Waals surface area (Å²) < 4.78 is 2.60. The van der Waals surface area contributed by atoms with E-state index in [1.165, 1.54) is 130 Å². The van der Waals surface area contributed by atoms with E-state index in [9.17, 15) is 0 Å². The Bertz CT molecular complexity index is 4580. The first-order valence-electron chi connectivity index (χ1n) is 26.0. The molecule has 0 atom stereocenters. The van der Waals surface area contributed by atoms with E-state index in [0.29, 0.717) is 0 Å². The summed E-state index contributed by atoms with van der Waals surface area (Å²) in [6.45, 7) is 0. The molecule has 0 radical (unpaired) electrons.